The molecule has 2 heterocycles. The minimum Gasteiger partial charge on any atom is -0.335 e. The fourth-order valence-corrected chi connectivity index (χ4v) is 2.85. The lowest BCUT2D eigenvalue weighted by molar-refractivity contribution is 0.247. The molecule has 0 spiro atoms. The fourth-order valence-electron chi connectivity index (χ4n) is 2.85. The Morgan fingerprint density at radius 2 is 2.38 bits per heavy atom. The number of piperidine rings is 1. The normalized spacial score (nSPS) is 26.2. The van der Waals surface area contributed by atoms with E-state index < -0.39 is 0 Å². The van der Waals surface area contributed by atoms with Gasteiger partial charge in [-0.3, -0.25) is 0 Å². The van der Waals surface area contributed by atoms with Crippen LogP contribution in [0.15, 0.2) is 12.5 Å². The van der Waals surface area contributed by atoms with Crippen LogP contribution in [0.1, 0.15) is 38.8 Å². The lowest BCUT2D eigenvalue weighted by Gasteiger charge is -2.35. The number of aromatic nitrogens is 2. The van der Waals surface area contributed by atoms with Gasteiger partial charge in [-0.25, -0.2) is 4.98 Å². The number of rotatable bonds is 3. The van der Waals surface area contributed by atoms with Gasteiger partial charge < -0.3 is 9.88 Å². The van der Waals surface area contributed by atoms with Crippen LogP contribution in [0.2, 0.25) is 0 Å². The molecule has 2 unspecified atom stereocenters. The number of hydrogen-bond acceptors (Lipinski definition) is 2. The number of nitrogens with one attached hydrogen (secondary N) is 1. The minimum atomic E-state index is 0.684. The summed E-state index contributed by atoms with van der Waals surface area (Å²) in [7, 11) is 0. The third-order valence-corrected chi connectivity index (χ3v) is 3.85. The van der Waals surface area contributed by atoms with E-state index in [2.05, 4.69) is 41.8 Å². The highest BCUT2D eigenvalue weighted by molar-refractivity contribution is 5.10. The van der Waals surface area contributed by atoms with Gasteiger partial charge in [-0.2, -0.15) is 0 Å². The number of aryl methyl sites for hydroxylation is 1. The third-order valence-electron chi connectivity index (χ3n) is 3.85. The van der Waals surface area contributed by atoms with Gasteiger partial charge in [-0.1, -0.05) is 13.8 Å². The highest BCUT2D eigenvalue weighted by Crippen LogP contribution is 2.34. The molecule has 3 heteroatoms. The van der Waals surface area contributed by atoms with Crippen molar-refractivity contribution >= 4 is 0 Å². The average molecular weight is 221 g/mol. The number of imidazole rings is 1. The summed E-state index contributed by atoms with van der Waals surface area (Å²) in [5.74, 6) is 2.16. The van der Waals surface area contributed by atoms with Gasteiger partial charge in [0.1, 0.15) is 0 Å². The molecule has 0 aliphatic carbocycles. The first-order valence-corrected chi connectivity index (χ1v) is 6.44. The van der Waals surface area contributed by atoms with E-state index in [0.29, 0.717) is 5.92 Å². The van der Waals surface area contributed by atoms with E-state index >= 15 is 0 Å². The second-order valence-electron chi connectivity index (χ2n) is 5.11. The summed E-state index contributed by atoms with van der Waals surface area (Å²) in [6, 6.07) is 0. The van der Waals surface area contributed by atoms with E-state index in [0.717, 1.165) is 31.5 Å². The molecule has 0 aromatic carbocycles. The molecule has 0 saturated carbocycles. The molecular weight excluding hydrogens is 198 g/mol. The molecule has 1 aliphatic heterocycles. The average Bonchev–Trinajstić information content (AvgIpc) is 2.76. The van der Waals surface area contributed by atoms with Crippen LogP contribution < -0.4 is 5.32 Å². The van der Waals surface area contributed by atoms with E-state index in [-0.39, 0.29) is 0 Å². The zero-order chi connectivity index (χ0) is 11.5. The molecule has 0 bridgehead atoms. The molecule has 3 nitrogen and oxygen atoms in total. The third kappa shape index (κ3) is 2.14. The second-order valence-corrected chi connectivity index (χ2v) is 5.11. The summed E-state index contributed by atoms with van der Waals surface area (Å²) in [6.07, 6.45) is 5.28. The Morgan fingerprint density at radius 3 is 3.06 bits per heavy atom. The molecule has 16 heavy (non-hydrogen) atoms. The van der Waals surface area contributed by atoms with Gasteiger partial charge in [-0.15, -0.1) is 0 Å². The fraction of sp³-hybridized carbons (Fsp3) is 0.769. The van der Waals surface area contributed by atoms with Crippen molar-refractivity contribution < 1.29 is 0 Å². The molecule has 2 rings (SSSR count). The first-order valence-electron chi connectivity index (χ1n) is 6.44. The lowest BCUT2D eigenvalue weighted by atomic mass is 9.77. The number of nitrogens with zero attached hydrogens (tertiary/aromatic N) is 2. The van der Waals surface area contributed by atoms with Crippen LogP contribution in [0, 0.1) is 11.8 Å². The van der Waals surface area contributed by atoms with E-state index in [9.17, 15) is 0 Å². The maximum absolute atomic E-state index is 4.30. The van der Waals surface area contributed by atoms with Crippen LogP contribution in [0.5, 0.6) is 0 Å². The van der Waals surface area contributed by atoms with Crippen LogP contribution >= 0.6 is 0 Å². The first-order chi connectivity index (χ1) is 7.74. The van der Waals surface area contributed by atoms with Crippen molar-refractivity contribution in [3.05, 3.63) is 18.2 Å². The van der Waals surface area contributed by atoms with Crippen molar-refractivity contribution in [2.45, 2.75) is 39.7 Å². The van der Waals surface area contributed by atoms with Crippen LogP contribution in [-0.4, -0.2) is 22.6 Å². The van der Waals surface area contributed by atoms with Crippen molar-refractivity contribution in [3.8, 4) is 0 Å². The van der Waals surface area contributed by atoms with Gasteiger partial charge in [-0.05, 0) is 38.3 Å². The predicted molar refractivity (Wildman–Crippen MR) is 66.5 cm³/mol. The van der Waals surface area contributed by atoms with Crippen LogP contribution in [0.25, 0.3) is 0 Å². The summed E-state index contributed by atoms with van der Waals surface area (Å²) in [5.41, 5.74) is 1.43. The topological polar surface area (TPSA) is 29.9 Å². The van der Waals surface area contributed by atoms with E-state index in [1.807, 2.05) is 6.33 Å². The van der Waals surface area contributed by atoms with Crippen LogP contribution in [0.3, 0.4) is 0 Å². The Bertz CT molecular complexity index is 330. The minimum absolute atomic E-state index is 0.684. The summed E-state index contributed by atoms with van der Waals surface area (Å²) in [4.78, 5) is 4.30. The summed E-state index contributed by atoms with van der Waals surface area (Å²) >= 11 is 0. The SMILES string of the molecule is CCn1cncc1C1CCNCC1C(C)C. The summed E-state index contributed by atoms with van der Waals surface area (Å²) < 4.78 is 2.30. The van der Waals surface area contributed by atoms with E-state index in [1.165, 1.54) is 12.1 Å². The standard InChI is InChI=1S/C13H23N3/c1-4-16-9-15-8-13(16)11-5-6-14-7-12(11)10(2)3/h8-12,14H,4-7H2,1-3H3. The lowest BCUT2D eigenvalue weighted by Crippen LogP contribution is -2.38. The second kappa shape index (κ2) is 5.00. The molecule has 1 aliphatic rings. The summed E-state index contributed by atoms with van der Waals surface area (Å²) in [6.45, 7) is 10.2. The Hall–Kier alpha value is -0.830. The van der Waals surface area contributed by atoms with Crippen molar-refractivity contribution in [2.75, 3.05) is 13.1 Å². The van der Waals surface area contributed by atoms with E-state index in [4.69, 9.17) is 0 Å². The zero-order valence-electron chi connectivity index (χ0n) is 10.6. The van der Waals surface area contributed by atoms with Crippen molar-refractivity contribution in [3.63, 3.8) is 0 Å². The smallest absolute Gasteiger partial charge is 0.0948 e. The van der Waals surface area contributed by atoms with Crippen molar-refractivity contribution in [1.82, 2.24) is 14.9 Å². The predicted octanol–water partition coefficient (Wildman–Crippen LogP) is 2.25. The van der Waals surface area contributed by atoms with E-state index in [1.54, 1.807) is 0 Å². The van der Waals surface area contributed by atoms with Gasteiger partial charge in [0, 0.05) is 24.4 Å². The maximum atomic E-state index is 4.30. The van der Waals surface area contributed by atoms with Crippen molar-refractivity contribution in [1.29, 1.82) is 0 Å². The van der Waals surface area contributed by atoms with Gasteiger partial charge in [0.05, 0.1) is 6.33 Å². The van der Waals surface area contributed by atoms with Gasteiger partial charge in [0.15, 0.2) is 0 Å². The molecule has 90 valence electrons. The molecule has 0 amide bonds. The Kier molecular flexibility index (Phi) is 3.64. The van der Waals surface area contributed by atoms with Crippen molar-refractivity contribution in [2.24, 2.45) is 11.8 Å². The summed E-state index contributed by atoms with van der Waals surface area (Å²) in [5, 5.41) is 3.52. The largest absolute Gasteiger partial charge is 0.335 e. The molecule has 1 saturated heterocycles. The van der Waals surface area contributed by atoms with Crippen LogP contribution in [-0.2, 0) is 6.54 Å². The molecule has 0 radical (unpaired) electrons. The highest BCUT2D eigenvalue weighted by atomic mass is 15.0. The highest BCUT2D eigenvalue weighted by Gasteiger charge is 2.30. The molecule has 1 aromatic rings. The molecular formula is C13H23N3. The monoisotopic (exact) mass is 221 g/mol. The Balaban J connectivity index is 2.23. The zero-order valence-corrected chi connectivity index (χ0v) is 10.6. The van der Waals surface area contributed by atoms with Gasteiger partial charge in [0.2, 0.25) is 0 Å². The van der Waals surface area contributed by atoms with Gasteiger partial charge >= 0.3 is 0 Å². The maximum Gasteiger partial charge on any atom is 0.0948 e. The van der Waals surface area contributed by atoms with Crippen LogP contribution in [0.4, 0.5) is 0 Å². The molecule has 2 atom stereocenters. The Labute approximate surface area is 98.3 Å². The number of hydrogen-bond donors (Lipinski definition) is 1. The molecule has 1 N–H and O–H groups in total. The molecule has 1 fully saturated rings. The molecule has 1 aromatic heterocycles. The van der Waals surface area contributed by atoms with Gasteiger partial charge in [0.25, 0.3) is 0 Å². The first kappa shape index (κ1) is 11.6. The Morgan fingerprint density at radius 1 is 1.56 bits per heavy atom. The quantitative estimate of drug-likeness (QED) is 0.848.